The van der Waals surface area contributed by atoms with Crippen molar-refractivity contribution in [3.63, 3.8) is 0 Å². The molecule has 0 spiro atoms. The van der Waals surface area contributed by atoms with E-state index in [1.807, 2.05) is 0 Å². The Morgan fingerprint density at radius 2 is 2.05 bits per heavy atom. The van der Waals surface area contributed by atoms with Crippen molar-refractivity contribution < 1.29 is 17.9 Å². The van der Waals surface area contributed by atoms with Gasteiger partial charge in [0.2, 0.25) is 15.9 Å². The fourth-order valence-corrected chi connectivity index (χ4v) is 3.13. The van der Waals surface area contributed by atoms with Crippen molar-refractivity contribution in [1.29, 1.82) is 0 Å². The smallest absolute Gasteiger partial charge is 0.240 e. The minimum absolute atomic E-state index is 0.0351. The SMILES string of the molecule is COCCNS(=O)(=O)c1ccc([C@H]2CNC(=O)C2)cc1. The number of sulfonamides is 1. The average molecular weight is 298 g/mol. The molecule has 2 rings (SSSR count). The molecule has 0 saturated carbocycles. The van der Waals surface area contributed by atoms with Gasteiger partial charge in [-0.2, -0.15) is 0 Å². The molecule has 110 valence electrons. The van der Waals surface area contributed by atoms with Crippen LogP contribution >= 0.6 is 0 Å². The zero-order valence-electron chi connectivity index (χ0n) is 11.3. The van der Waals surface area contributed by atoms with Crippen LogP contribution in [-0.4, -0.2) is 41.1 Å². The average Bonchev–Trinajstić information content (AvgIpc) is 2.86. The first-order valence-corrected chi connectivity index (χ1v) is 7.86. The Kier molecular flexibility index (Phi) is 4.74. The summed E-state index contributed by atoms with van der Waals surface area (Å²) in [6.07, 6.45) is 0.457. The predicted octanol–water partition coefficient (Wildman–Crippen LogP) is 0.215. The van der Waals surface area contributed by atoms with Gasteiger partial charge in [-0.05, 0) is 17.7 Å². The Morgan fingerprint density at radius 3 is 2.60 bits per heavy atom. The quantitative estimate of drug-likeness (QED) is 0.736. The molecule has 0 bridgehead atoms. The zero-order valence-corrected chi connectivity index (χ0v) is 12.1. The summed E-state index contributed by atoms with van der Waals surface area (Å²) >= 11 is 0. The van der Waals surface area contributed by atoms with Gasteiger partial charge in [-0.15, -0.1) is 0 Å². The summed E-state index contributed by atoms with van der Waals surface area (Å²) < 4.78 is 31.2. The normalized spacial score (nSPS) is 19.1. The molecule has 1 aliphatic rings. The van der Waals surface area contributed by atoms with Gasteiger partial charge in [0, 0.05) is 32.5 Å². The maximum Gasteiger partial charge on any atom is 0.240 e. The number of hydrogen-bond donors (Lipinski definition) is 2. The molecule has 0 aromatic heterocycles. The summed E-state index contributed by atoms with van der Waals surface area (Å²) in [5.41, 5.74) is 0.971. The lowest BCUT2D eigenvalue weighted by molar-refractivity contribution is -0.119. The molecule has 1 heterocycles. The highest BCUT2D eigenvalue weighted by Crippen LogP contribution is 2.24. The van der Waals surface area contributed by atoms with Crippen molar-refractivity contribution in [2.75, 3.05) is 26.8 Å². The van der Waals surface area contributed by atoms with E-state index >= 15 is 0 Å². The minimum Gasteiger partial charge on any atom is -0.383 e. The summed E-state index contributed by atoms with van der Waals surface area (Å²) in [6, 6.07) is 6.65. The van der Waals surface area contributed by atoms with Crippen LogP contribution in [0.1, 0.15) is 17.9 Å². The van der Waals surface area contributed by atoms with Crippen molar-refractivity contribution >= 4 is 15.9 Å². The van der Waals surface area contributed by atoms with Crippen LogP contribution in [-0.2, 0) is 19.6 Å². The molecule has 0 unspecified atom stereocenters. The number of ether oxygens (including phenoxy) is 1. The standard InChI is InChI=1S/C13H18N2O4S/c1-19-7-6-15-20(17,18)12-4-2-10(3-5-12)11-8-13(16)14-9-11/h2-5,11,15H,6-9H2,1H3,(H,14,16)/t11-/m1/s1. The lowest BCUT2D eigenvalue weighted by Crippen LogP contribution is -2.27. The van der Waals surface area contributed by atoms with E-state index in [9.17, 15) is 13.2 Å². The van der Waals surface area contributed by atoms with Crippen LogP contribution < -0.4 is 10.0 Å². The van der Waals surface area contributed by atoms with E-state index < -0.39 is 10.0 Å². The van der Waals surface area contributed by atoms with Gasteiger partial charge in [-0.1, -0.05) is 12.1 Å². The molecule has 1 atom stereocenters. The van der Waals surface area contributed by atoms with E-state index in [2.05, 4.69) is 10.0 Å². The minimum atomic E-state index is -3.50. The van der Waals surface area contributed by atoms with E-state index in [1.165, 1.54) is 7.11 Å². The number of hydrogen-bond acceptors (Lipinski definition) is 4. The van der Waals surface area contributed by atoms with Gasteiger partial charge in [0.15, 0.2) is 0 Å². The monoisotopic (exact) mass is 298 g/mol. The molecule has 7 heteroatoms. The van der Waals surface area contributed by atoms with Crippen molar-refractivity contribution in [3.8, 4) is 0 Å². The highest BCUT2D eigenvalue weighted by atomic mass is 32.2. The Labute approximate surface area is 118 Å². The first-order valence-electron chi connectivity index (χ1n) is 6.38. The molecule has 1 amide bonds. The van der Waals surface area contributed by atoms with E-state index in [4.69, 9.17) is 4.74 Å². The molecular formula is C13H18N2O4S. The maximum absolute atomic E-state index is 12.0. The second kappa shape index (κ2) is 6.34. The lowest BCUT2D eigenvalue weighted by Gasteiger charge is -2.10. The summed E-state index contributed by atoms with van der Waals surface area (Å²) in [4.78, 5) is 11.4. The van der Waals surface area contributed by atoms with Crippen molar-refractivity contribution in [3.05, 3.63) is 29.8 Å². The van der Waals surface area contributed by atoms with Crippen molar-refractivity contribution in [1.82, 2.24) is 10.0 Å². The number of carbonyl (C=O) groups excluding carboxylic acids is 1. The van der Waals surface area contributed by atoms with Gasteiger partial charge in [-0.3, -0.25) is 4.79 Å². The Hall–Kier alpha value is -1.44. The van der Waals surface area contributed by atoms with Crippen LogP contribution in [0, 0.1) is 0 Å². The summed E-state index contributed by atoms with van der Waals surface area (Å²) in [5.74, 6) is 0.161. The zero-order chi connectivity index (χ0) is 14.6. The molecule has 6 nitrogen and oxygen atoms in total. The van der Waals surface area contributed by atoms with Crippen LogP contribution in [0.4, 0.5) is 0 Å². The third-order valence-electron chi connectivity index (χ3n) is 3.24. The van der Waals surface area contributed by atoms with Crippen LogP contribution in [0.15, 0.2) is 29.2 Å². The highest BCUT2D eigenvalue weighted by Gasteiger charge is 2.23. The number of amides is 1. The van der Waals surface area contributed by atoms with Gasteiger partial charge in [0.1, 0.15) is 0 Å². The fourth-order valence-electron chi connectivity index (χ4n) is 2.12. The van der Waals surface area contributed by atoms with Gasteiger partial charge < -0.3 is 10.1 Å². The Bertz CT molecular complexity index is 569. The molecule has 20 heavy (non-hydrogen) atoms. The third-order valence-corrected chi connectivity index (χ3v) is 4.71. The largest absolute Gasteiger partial charge is 0.383 e. The molecule has 1 aromatic carbocycles. The molecule has 1 aliphatic heterocycles. The molecule has 1 saturated heterocycles. The predicted molar refractivity (Wildman–Crippen MR) is 73.9 cm³/mol. The molecule has 0 aliphatic carbocycles. The molecule has 2 N–H and O–H groups in total. The second-order valence-corrected chi connectivity index (χ2v) is 6.43. The fraction of sp³-hybridized carbons (Fsp3) is 0.462. The summed E-state index contributed by atoms with van der Waals surface area (Å²) in [5, 5.41) is 2.76. The Morgan fingerprint density at radius 1 is 1.35 bits per heavy atom. The third kappa shape index (κ3) is 3.56. The number of rotatable bonds is 6. The number of methoxy groups -OCH3 is 1. The summed E-state index contributed by atoms with van der Waals surface area (Å²) in [6.45, 7) is 1.17. The van der Waals surface area contributed by atoms with Gasteiger partial charge in [0.25, 0.3) is 0 Å². The topological polar surface area (TPSA) is 84.5 Å². The second-order valence-electron chi connectivity index (χ2n) is 4.66. The molecule has 0 radical (unpaired) electrons. The number of carbonyl (C=O) groups is 1. The van der Waals surface area contributed by atoms with Crippen LogP contribution in [0.5, 0.6) is 0 Å². The van der Waals surface area contributed by atoms with Crippen molar-refractivity contribution in [2.45, 2.75) is 17.2 Å². The Balaban J connectivity index is 2.05. The van der Waals surface area contributed by atoms with Gasteiger partial charge >= 0.3 is 0 Å². The molecular weight excluding hydrogens is 280 g/mol. The van der Waals surface area contributed by atoms with Crippen LogP contribution in [0.2, 0.25) is 0 Å². The van der Waals surface area contributed by atoms with E-state index in [-0.39, 0.29) is 23.3 Å². The number of benzene rings is 1. The summed E-state index contributed by atoms with van der Waals surface area (Å²) in [7, 11) is -1.98. The van der Waals surface area contributed by atoms with Crippen LogP contribution in [0.25, 0.3) is 0 Å². The first-order chi connectivity index (χ1) is 9.53. The van der Waals surface area contributed by atoms with E-state index in [1.54, 1.807) is 24.3 Å². The first kappa shape index (κ1) is 15.0. The van der Waals surface area contributed by atoms with E-state index in [0.717, 1.165) is 5.56 Å². The maximum atomic E-state index is 12.0. The van der Waals surface area contributed by atoms with Crippen molar-refractivity contribution in [2.24, 2.45) is 0 Å². The number of nitrogens with one attached hydrogen (secondary N) is 2. The van der Waals surface area contributed by atoms with Gasteiger partial charge in [0.05, 0.1) is 11.5 Å². The van der Waals surface area contributed by atoms with Crippen LogP contribution in [0.3, 0.4) is 0 Å². The van der Waals surface area contributed by atoms with E-state index in [0.29, 0.717) is 19.6 Å². The lowest BCUT2D eigenvalue weighted by atomic mass is 9.99. The molecule has 1 fully saturated rings. The molecule has 1 aromatic rings. The highest BCUT2D eigenvalue weighted by molar-refractivity contribution is 7.89. The van der Waals surface area contributed by atoms with Gasteiger partial charge in [-0.25, -0.2) is 13.1 Å².